The highest BCUT2D eigenvalue weighted by atomic mass is 32.2. The topological polar surface area (TPSA) is 46.2 Å². The van der Waals surface area contributed by atoms with E-state index >= 15 is 0 Å². The molecular weight excluding hydrogens is 290 g/mol. The van der Waals surface area contributed by atoms with Crippen molar-refractivity contribution in [1.82, 2.24) is 0 Å². The summed E-state index contributed by atoms with van der Waals surface area (Å²) in [4.78, 5) is 1.71. The summed E-state index contributed by atoms with van der Waals surface area (Å²) in [7, 11) is -3.12. The standard InChI is InChI=1S/C15H17NO2S2/c1-20(17,18)13-8-6-12(7-9-13)16-15(11-4-5-11)14-3-2-10-19-14/h2-3,6-11,15-16H,4-5H2,1H3. The Kier molecular flexibility index (Phi) is 3.56. The van der Waals surface area contributed by atoms with Gasteiger partial charge in [0.1, 0.15) is 0 Å². The zero-order chi connectivity index (χ0) is 14.2. The van der Waals surface area contributed by atoms with E-state index in [1.54, 1.807) is 23.5 Å². The normalized spacial score (nSPS) is 16.9. The van der Waals surface area contributed by atoms with E-state index in [4.69, 9.17) is 0 Å². The lowest BCUT2D eigenvalue weighted by Crippen LogP contribution is -2.11. The third-order valence-electron chi connectivity index (χ3n) is 3.55. The molecule has 1 saturated carbocycles. The molecule has 20 heavy (non-hydrogen) atoms. The Morgan fingerprint density at radius 2 is 1.90 bits per heavy atom. The van der Waals surface area contributed by atoms with Crippen molar-refractivity contribution in [2.24, 2.45) is 5.92 Å². The summed E-state index contributed by atoms with van der Waals surface area (Å²) in [5, 5.41) is 5.63. The van der Waals surface area contributed by atoms with Crippen LogP contribution < -0.4 is 5.32 Å². The van der Waals surface area contributed by atoms with Crippen molar-refractivity contribution in [3.05, 3.63) is 46.7 Å². The lowest BCUT2D eigenvalue weighted by atomic mass is 10.1. The Bertz CT molecular complexity index is 671. The van der Waals surface area contributed by atoms with Crippen molar-refractivity contribution in [2.75, 3.05) is 11.6 Å². The molecule has 1 unspecified atom stereocenters. The molecule has 2 aromatic rings. The number of hydrogen-bond acceptors (Lipinski definition) is 4. The zero-order valence-electron chi connectivity index (χ0n) is 11.2. The number of sulfone groups is 1. The third-order valence-corrected chi connectivity index (χ3v) is 5.63. The second kappa shape index (κ2) is 5.22. The smallest absolute Gasteiger partial charge is 0.175 e. The van der Waals surface area contributed by atoms with Crippen molar-refractivity contribution >= 4 is 26.9 Å². The fourth-order valence-corrected chi connectivity index (χ4v) is 3.80. The maximum Gasteiger partial charge on any atom is 0.175 e. The first-order valence-corrected chi connectivity index (χ1v) is 9.41. The van der Waals surface area contributed by atoms with Crippen LogP contribution in [0.15, 0.2) is 46.7 Å². The fraction of sp³-hybridized carbons (Fsp3) is 0.333. The van der Waals surface area contributed by atoms with Crippen LogP contribution in [-0.2, 0) is 9.84 Å². The van der Waals surface area contributed by atoms with Gasteiger partial charge in [-0.2, -0.15) is 0 Å². The van der Waals surface area contributed by atoms with E-state index in [0.717, 1.165) is 5.69 Å². The van der Waals surface area contributed by atoms with Crippen LogP contribution in [0.3, 0.4) is 0 Å². The molecule has 1 fully saturated rings. The highest BCUT2D eigenvalue weighted by molar-refractivity contribution is 7.90. The van der Waals surface area contributed by atoms with E-state index in [-0.39, 0.29) is 0 Å². The van der Waals surface area contributed by atoms with Gasteiger partial charge in [0.2, 0.25) is 0 Å². The molecule has 0 radical (unpaired) electrons. The van der Waals surface area contributed by atoms with Crippen LogP contribution in [-0.4, -0.2) is 14.7 Å². The van der Waals surface area contributed by atoms with Crippen LogP contribution in [0.5, 0.6) is 0 Å². The van der Waals surface area contributed by atoms with E-state index in [0.29, 0.717) is 16.9 Å². The molecule has 3 rings (SSSR count). The minimum absolute atomic E-state index is 0.346. The SMILES string of the molecule is CS(=O)(=O)c1ccc(NC(c2cccs2)C2CC2)cc1. The first kappa shape index (κ1) is 13.6. The first-order valence-electron chi connectivity index (χ1n) is 6.64. The second-order valence-electron chi connectivity index (χ2n) is 5.27. The third kappa shape index (κ3) is 3.04. The van der Waals surface area contributed by atoms with Crippen LogP contribution >= 0.6 is 11.3 Å². The highest BCUT2D eigenvalue weighted by Gasteiger charge is 2.32. The monoisotopic (exact) mass is 307 g/mol. The summed E-state index contributed by atoms with van der Waals surface area (Å²) in [6, 6.07) is 11.6. The van der Waals surface area contributed by atoms with E-state index in [1.165, 1.54) is 24.0 Å². The molecule has 0 spiro atoms. The number of anilines is 1. The van der Waals surface area contributed by atoms with Gasteiger partial charge in [-0.15, -0.1) is 11.3 Å². The van der Waals surface area contributed by atoms with Gasteiger partial charge in [0.05, 0.1) is 10.9 Å². The molecular formula is C15H17NO2S2. The number of benzene rings is 1. The average molecular weight is 307 g/mol. The van der Waals surface area contributed by atoms with Crippen molar-refractivity contribution in [3.63, 3.8) is 0 Å². The van der Waals surface area contributed by atoms with Crippen LogP contribution in [0.4, 0.5) is 5.69 Å². The molecule has 1 aliphatic rings. The minimum atomic E-state index is -3.12. The van der Waals surface area contributed by atoms with Gasteiger partial charge in [-0.1, -0.05) is 6.07 Å². The largest absolute Gasteiger partial charge is 0.377 e. The van der Waals surface area contributed by atoms with Gasteiger partial charge in [-0.25, -0.2) is 8.42 Å². The van der Waals surface area contributed by atoms with Gasteiger partial charge in [0, 0.05) is 16.8 Å². The fourth-order valence-electron chi connectivity index (χ4n) is 2.30. The van der Waals surface area contributed by atoms with E-state index in [9.17, 15) is 8.42 Å². The predicted octanol–water partition coefficient (Wildman–Crippen LogP) is 3.71. The van der Waals surface area contributed by atoms with Gasteiger partial charge in [0.15, 0.2) is 9.84 Å². The number of hydrogen-bond donors (Lipinski definition) is 1. The van der Waals surface area contributed by atoms with Crippen LogP contribution in [0, 0.1) is 5.92 Å². The number of nitrogens with one attached hydrogen (secondary N) is 1. The molecule has 0 amide bonds. The molecule has 3 nitrogen and oxygen atoms in total. The summed E-state index contributed by atoms with van der Waals surface area (Å²) in [5.41, 5.74) is 0.975. The average Bonchev–Trinajstić information content (AvgIpc) is 3.10. The molecule has 0 saturated heterocycles. The van der Waals surface area contributed by atoms with E-state index in [2.05, 4.69) is 22.8 Å². The lowest BCUT2D eigenvalue weighted by molar-refractivity contribution is 0.602. The van der Waals surface area contributed by atoms with Gasteiger partial charge < -0.3 is 5.32 Å². The van der Waals surface area contributed by atoms with Crippen LogP contribution in [0.1, 0.15) is 23.8 Å². The molecule has 106 valence electrons. The van der Waals surface area contributed by atoms with Crippen molar-refractivity contribution in [2.45, 2.75) is 23.8 Å². The summed E-state index contributed by atoms with van der Waals surface area (Å²) in [6.45, 7) is 0. The molecule has 1 N–H and O–H groups in total. The maximum absolute atomic E-state index is 11.5. The Hall–Kier alpha value is -1.33. The minimum Gasteiger partial charge on any atom is -0.377 e. The van der Waals surface area contributed by atoms with E-state index < -0.39 is 9.84 Å². The summed E-state index contributed by atoms with van der Waals surface area (Å²) < 4.78 is 22.9. The zero-order valence-corrected chi connectivity index (χ0v) is 12.9. The molecule has 0 aliphatic heterocycles. The molecule has 1 heterocycles. The van der Waals surface area contributed by atoms with Crippen molar-refractivity contribution < 1.29 is 8.42 Å². The molecule has 1 atom stereocenters. The van der Waals surface area contributed by atoms with Gasteiger partial charge in [-0.3, -0.25) is 0 Å². The van der Waals surface area contributed by atoms with E-state index in [1.807, 2.05) is 12.1 Å². The van der Waals surface area contributed by atoms with Crippen molar-refractivity contribution in [3.8, 4) is 0 Å². The number of thiophene rings is 1. The molecule has 1 aromatic heterocycles. The summed E-state index contributed by atoms with van der Waals surface area (Å²) >= 11 is 1.77. The maximum atomic E-state index is 11.5. The highest BCUT2D eigenvalue weighted by Crippen LogP contribution is 2.44. The van der Waals surface area contributed by atoms with Gasteiger partial charge in [0.25, 0.3) is 0 Å². The quantitative estimate of drug-likeness (QED) is 0.916. The molecule has 0 bridgehead atoms. The Balaban J connectivity index is 1.79. The Morgan fingerprint density at radius 1 is 1.20 bits per heavy atom. The van der Waals surface area contributed by atoms with Gasteiger partial charge >= 0.3 is 0 Å². The Labute approximate surface area is 123 Å². The molecule has 1 aliphatic carbocycles. The lowest BCUT2D eigenvalue weighted by Gasteiger charge is -2.18. The van der Waals surface area contributed by atoms with Crippen molar-refractivity contribution in [1.29, 1.82) is 0 Å². The van der Waals surface area contributed by atoms with Crippen LogP contribution in [0.2, 0.25) is 0 Å². The van der Waals surface area contributed by atoms with Gasteiger partial charge in [-0.05, 0) is 54.5 Å². The Morgan fingerprint density at radius 3 is 2.40 bits per heavy atom. The number of rotatable bonds is 5. The second-order valence-corrected chi connectivity index (χ2v) is 8.27. The first-order chi connectivity index (χ1) is 9.54. The van der Waals surface area contributed by atoms with Crippen LogP contribution in [0.25, 0.3) is 0 Å². The predicted molar refractivity (Wildman–Crippen MR) is 83.0 cm³/mol. The molecule has 5 heteroatoms. The molecule has 1 aromatic carbocycles. The summed E-state index contributed by atoms with van der Waals surface area (Å²) in [6.07, 6.45) is 3.75. The summed E-state index contributed by atoms with van der Waals surface area (Å²) in [5.74, 6) is 0.697.